The van der Waals surface area contributed by atoms with Gasteiger partial charge in [0.15, 0.2) is 0 Å². The van der Waals surface area contributed by atoms with Crippen LogP contribution in [0.3, 0.4) is 0 Å². The summed E-state index contributed by atoms with van der Waals surface area (Å²) in [6.07, 6.45) is -2.99. The van der Waals surface area contributed by atoms with Gasteiger partial charge >= 0.3 is 6.43 Å². The van der Waals surface area contributed by atoms with Crippen LogP contribution in [0.5, 0.6) is 0 Å². The van der Waals surface area contributed by atoms with Crippen molar-refractivity contribution in [2.45, 2.75) is 6.43 Å². The van der Waals surface area contributed by atoms with Crippen molar-refractivity contribution in [1.82, 2.24) is 0 Å². The molecule has 0 amide bonds. The van der Waals surface area contributed by atoms with Gasteiger partial charge in [-0.15, -0.1) is 11.3 Å². The third kappa shape index (κ3) is 1.66. The lowest BCUT2D eigenvalue weighted by atomic mass is 10.3. The highest BCUT2D eigenvalue weighted by Gasteiger charge is 2.19. The monoisotopic (exact) mass is 187 g/mol. The molecule has 0 bridgehead atoms. The first-order valence-electron chi connectivity index (χ1n) is 2.96. The quantitative estimate of drug-likeness (QED) is 0.665. The Kier molecular flexibility index (Phi) is 2.51. The van der Waals surface area contributed by atoms with Gasteiger partial charge in [0.2, 0.25) is 5.78 Å². The van der Waals surface area contributed by atoms with Crippen LogP contribution in [0.1, 0.15) is 15.2 Å². The third-order valence-corrected chi connectivity index (χ3v) is 2.11. The summed E-state index contributed by atoms with van der Waals surface area (Å²) in [5.74, 6) is -1.22. The Labute approximate surface area is 71.1 Å². The highest BCUT2D eigenvalue weighted by atomic mass is 32.1. The van der Waals surface area contributed by atoms with Gasteiger partial charge in [0, 0.05) is 5.38 Å². The van der Waals surface area contributed by atoms with Gasteiger partial charge in [-0.3, -0.25) is 4.79 Å². The van der Waals surface area contributed by atoms with Crippen molar-refractivity contribution in [3.8, 4) is 6.07 Å². The number of hydrogen-bond donors (Lipinski definition) is 0. The Morgan fingerprint density at radius 3 is 2.75 bits per heavy atom. The van der Waals surface area contributed by atoms with Crippen molar-refractivity contribution in [2.24, 2.45) is 0 Å². The summed E-state index contributed by atoms with van der Waals surface area (Å²) in [4.78, 5) is 10.6. The van der Waals surface area contributed by atoms with Crippen LogP contribution in [0.2, 0.25) is 0 Å². The molecular formula is C7H3F2NOS. The van der Waals surface area contributed by atoms with Crippen LogP contribution >= 0.6 is 11.3 Å². The van der Waals surface area contributed by atoms with Gasteiger partial charge in [-0.1, -0.05) is 0 Å². The van der Waals surface area contributed by atoms with Gasteiger partial charge in [-0.2, -0.15) is 5.26 Å². The second kappa shape index (κ2) is 3.41. The molecule has 1 aromatic rings. The number of rotatable bonds is 2. The topological polar surface area (TPSA) is 40.9 Å². The summed E-state index contributed by atoms with van der Waals surface area (Å²) < 4.78 is 23.6. The molecule has 0 saturated carbocycles. The van der Waals surface area contributed by atoms with E-state index in [1.54, 1.807) is 6.07 Å². The van der Waals surface area contributed by atoms with Crippen molar-refractivity contribution in [2.75, 3.05) is 0 Å². The second-order valence-electron chi connectivity index (χ2n) is 1.98. The molecule has 0 N–H and O–H groups in total. The maximum absolute atomic E-state index is 11.8. The molecule has 0 spiro atoms. The molecule has 0 aliphatic heterocycles. The zero-order chi connectivity index (χ0) is 9.14. The van der Waals surface area contributed by atoms with E-state index in [0.717, 1.165) is 11.3 Å². The number of alkyl halides is 2. The maximum Gasteiger partial charge on any atom is 0.301 e. The molecule has 1 rings (SSSR count). The second-order valence-corrected chi connectivity index (χ2v) is 2.89. The Morgan fingerprint density at radius 1 is 1.67 bits per heavy atom. The fourth-order valence-corrected chi connectivity index (χ4v) is 1.41. The van der Waals surface area contributed by atoms with Crippen molar-refractivity contribution in [3.63, 3.8) is 0 Å². The molecule has 0 atom stereocenters. The Balaban J connectivity index is 2.91. The largest absolute Gasteiger partial charge is 0.301 e. The normalized spacial score (nSPS) is 9.83. The predicted octanol–water partition coefficient (Wildman–Crippen LogP) is 2.07. The van der Waals surface area contributed by atoms with Crippen LogP contribution in [0.15, 0.2) is 11.4 Å². The van der Waals surface area contributed by atoms with Crippen molar-refractivity contribution in [3.05, 3.63) is 21.9 Å². The first-order chi connectivity index (χ1) is 5.65. The average Bonchev–Trinajstić information content (AvgIpc) is 2.50. The molecule has 1 aromatic heterocycles. The molecule has 5 heteroatoms. The van der Waals surface area contributed by atoms with Crippen molar-refractivity contribution >= 4 is 17.1 Å². The zero-order valence-corrected chi connectivity index (χ0v) is 6.57. The van der Waals surface area contributed by atoms with Gasteiger partial charge in [0.05, 0.1) is 10.4 Å². The molecule has 0 aromatic carbocycles. The van der Waals surface area contributed by atoms with Gasteiger partial charge in [0.25, 0.3) is 0 Å². The van der Waals surface area contributed by atoms with E-state index in [1.807, 2.05) is 0 Å². The summed E-state index contributed by atoms with van der Waals surface area (Å²) in [6, 6.07) is 2.92. The van der Waals surface area contributed by atoms with Crippen molar-refractivity contribution < 1.29 is 13.6 Å². The molecule has 62 valence electrons. The van der Waals surface area contributed by atoms with E-state index in [2.05, 4.69) is 0 Å². The Morgan fingerprint density at radius 2 is 2.33 bits per heavy atom. The lowest BCUT2D eigenvalue weighted by molar-refractivity contribution is 0.0683. The van der Waals surface area contributed by atoms with Gasteiger partial charge in [0.1, 0.15) is 6.07 Å². The van der Waals surface area contributed by atoms with Crippen LogP contribution in [-0.2, 0) is 0 Å². The van der Waals surface area contributed by atoms with E-state index < -0.39 is 12.2 Å². The predicted molar refractivity (Wildman–Crippen MR) is 39.4 cm³/mol. The molecule has 0 aliphatic carbocycles. The molecule has 0 saturated heterocycles. The van der Waals surface area contributed by atoms with Crippen LogP contribution in [0.25, 0.3) is 0 Å². The Bertz CT molecular complexity index is 339. The maximum atomic E-state index is 11.8. The van der Waals surface area contributed by atoms with Gasteiger partial charge in [-0.05, 0) is 6.07 Å². The van der Waals surface area contributed by atoms with E-state index in [4.69, 9.17) is 5.26 Å². The average molecular weight is 187 g/mol. The minimum atomic E-state index is -2.99. The first kappa shape index (κ1) is 8.81. The number of hydrogen-bond acceptors (Lipinski definition) is 3. The number of nitriles is 1. The minimum absolute atomic E-state index is 0.0680. The highest BCUT2D eigenvalue weighted by Crippen LogP contribution is 2.17. The number of thiophene rings is 1. The summed E-state index contributed by atoms with van der Waals surface area (Å²) in [5, 5.41) is 9.70. The zero-order valence-electron chi connectivity index (χ0n) is 5.75. The van der Waals surface area contributed by atoms with Crippen LogP contribution < -0.4 is 0 Å². The molecular weight excluding hydrogens is 184 g/mol. The van der Waals surface area contributed by atoms with Crippen LogP contribution in [0, 0.1) is 11.3 Å². The minimum Gasteiger partial charge on any atom is -0.287 e. The molecule has 1 heterocycles. The molecule has 0 fully saturated rings. The van der Waals surface area contributed by atoms with Crippen molar-refractivity contribution in [1.29, 1.82) is 5.26 Å². The smallest absolute Gasteiger partial charge is 0.287 e. The lowest BCUT2D eigenvalue weighted by Gasteiger charge is -1.91. The Hall–Kier alpha value is -1.28. The fraction of sp³-hybridized carbons (Fsp3) is 0.143. The van der Waals surface area contributed by atoms with E-state index in [0.29, 0.717) is 0 Å². The third-order valence-electron chi connectivity index (χ3n) is 1.17. The summed E-state index contributed by atoms with van der Waals surface area (Å²) in [6.45, 7) is 0. The number of nitrogens with zero attached hydrogens (tertiary/aromatic N) is 1. The molecule has 0 radical (unpaired) electrons. The number of ketones is 1. The van der Waals surface area contributed by atoms with Gasteiger partial charge < -0.3 is 0 Å². The van der Waals surface area contributed by atoms with Crippen LogP contribution in [0.4, 0.5) is 8.78 Å². The summed E-state index contributed by atoms with van der Waals surface area (Å²) in [7, 11) is 0. The van der Waals surface area contributed by atoms with E-state index >= 15 is 0 Å². The number of halogens is 2. The molecule has 12 heavy (non-hydrogen) atoms. The van der Waals surface area contributed by atoms with E-state index in [9.17, 15) is 13.6 Å². The molecule has 2 nitrogen and oxygen atoms in total. The summed E-state index contributed by atoms with van der Waals surface area (Å²) >= 11 is 0.859. The van der Waals surface area contributed by atoms with Gasteiger partial charge in [-0.25, -0.2) is 8.78 Å². The molecule has 0 unspecified atom stereocenters. The SMILES string of the molecule is N#Cc1csc(C(=O)C(F)F)c1. The first-order valence-corrected chi connectivity index (χ1v) is 3.84. The number of carbonyl (C=O) groups is 1. The lowest BCUT2D eigenvalue weighted by Crippen LogP contribution is -2.07. The summed E-state index contributed by atoms with van der Waals surface area (Å²) in [5.41, 5.74) is 0.240. The fourth-order valence-electron chi connectivity index (χ4n) is 0.632. The number of carbonyl (C=O) groups excluding carboxylic acids is 1. The highest BCUT2D eigenvalue weighted by molar-refractivity contribution is 7.12. The van der Waals surface area contributed by atoms with Crippen LogP contribution in [-0.4, -0.2) is 12.2 Å². The number of Topliss-reactive ketones (excluding diaryl/α,β-unsaturated/α-hetero) is 1. The standard InChI is InChI=1S/C7H3F2NOS/c8-7(9)6(11)5-1-4(2-10)3-12-5/h1,3,7H. The van der Waals surface area contributed by atoms with E-state index in [-0.39, 0.29) is 10.4 Å². The van der Waals surface area contributed by atoms with E-state index in [1.165, 1.54) is 11.4 Å². The molecule has 0 aliphatic rings.